The van der Waals surface area contributed by atoms with E-state index in [0.29, 0.717) is 49.9 Å². The maximum Gasteiger partial charge on any atom is 0.315 e. The highest BCUT2D eigenvalue weighted by Crippen LogP contribution is 2.15. The minimum atomic E-state index is -3.14. The maximum atomic E-state index is 11.8. The number of nitrogens with zero attached hydrogens (tertiary/aromatic N) is 1. The molecule has 0 atom stereocenters. The standard InChI is InChI=1S/C15H22ClN3O4S/c1-24(21,22)19-9-6-13(7-10-19)18-15(20)17-8-11-23-14-4-2-12(16)3-5-14/h2-5,13H,6-11H2,1H3,(H2,17,18,20). The van der Waals surface area contributed by atoms with Gasteiger partial charge in [-0.3, -0.25) is 0 Å². The van der Waals surface area contributed by atoms with Gasteiger partial charge in [0, 0.05) is 24.2 Å². The predicted octanol–water partition coefficient (Wildman–Crippen LogP) is 1.44. The van der Waals surface area contributed by atoms with Crippen molar-refractivity contribution >= 4 is 27.7 Å². The quantitative estimate of drug-likeness (QED) is 0.736. The summed E-state index contributed by atoms with van der Waals surface area (Å²) < 4.78 is 29.8. The van der Waals surface area contributed by atoms with Crippen LogP contribution in [0.2, 0.25) is 5.02 Å². The molecule has 9 heteroatoms. The lowest BCUT2D eigenvalue weighted by atomic mass is 10.1. The summed E-state index contributed by atoms with van der Waals surface area (Å²) in [5.74, 6) is 0.690. The van der Waals surface area contributed by atoms with E-state index in [1.807, 2.05) is 0 Å². The van der Waals surface area contributed by atoms with Gasteiger partial charge in [0.15, 0.2) is 0 Å². The van der Waals surface area contributed by atoms with Crippen LogP contribution in [-0.2, 0) is 10.0 Å². The Bertz CT molecular complexity index is 643. The van der Waals surface area contributed by atoms with Crippen LogP contribution in [0.3, 0.4) is 0 Å². The number of nitrogens with one attached hydrogen (secondary N) is 2. The van der Waals surface area contributed by atoms with Gasteiger partial charge in [-0.25, -0.2) is 17.5 Å². The number of carbonyl (C=O) groups is 1. The summed E-state index contributed by atoms with van der Waals surface area (Å²) in [5, 5.41) is 6.21. The third kappa shape index (κ3) is 6.18. The lowest BCUT2D eigenvalue weighted by molar-refractivity contribution is 0.224. The van der Waals surface area contributed by atoms with Crippen LogP contribution in [0.5, 0.6) is 5.75 Å². The van der Waals surface area contributed by atoms with Crippen molar-refractivity contribution in [3.8, 4) is 5.75 Å². The Balaban J connectivity index is 1.61. The van der Waals surface area contributed by atoms with Gasteiger partial charge in [0.1, 0.15) is 12.4 Å². The number of piperidine rings is 1. The number of hydrogen-bond donors (Lipinski definition) is 2. The fourth-order valence-electron chi connectivity index (χ4n) is 2.43. The molecule has 0 unspecified atom stereocenters. The summed E-state index contributed by atoms with van der Waals surface area (Å²) >= 11 is 5.78. The molecule has 1 aromatic carbocycles. The predicted molar refractivity (Wildman–Crippen MR) is 92.9 cm³/mol. The molecule has 2 amide bonds. The summed E-state index contributed by atoms with van der Waals surface area (Å²) in [6, 6.07) is 6.71. The summed E-state index contributed by atoms with van der Waals surface area (Å²) in [4.78, 5) is 11.8. The first kappa shape index (κ1) is 18.8. The molecule has 1 saturated heterocycles. The van der Waals surface area contributed by atoms with Crippen molar-refractivity contribution in [1.29, 1.82) is 0 Å². The second kappa shape index (κ2) is 8.55. The number of rotatable bonds is 6. The number of urea groups is 1. The highest BCUT2D eigenvalue weighted by Gasteiger charge is 2.25. The van der Waals surface area contributed by atoms with Crippen LogP contribution in [0.4, 0.5) is 4.79 Å². The highest BCUT2D eigenvalue weighted by atomic mass is 35.5. The second-order valence-electron chi connectivity index (χ2n) is 5.64. The molecule has 1 aromatic rings. The number of halogens is 1. The molecule has 24 heavy (non-hydrogen) atoms. The second-order valence-corrected chi connectivity index (χ2v) is 8.06. The topological polar surface area (TPSA) is 87.7 Å². The van der Waals surface area contributed by atoms with Gasteiger partial charge >= 0.3 is 6.03 Å². The molecule has 1 aliphatic heterocycles. The number of sulfonamides is 1. The van der Waals surface area contributed by atoms with E-state index >= 15 is 0 Å². The number of hydrogen-bond acceptors (Lipinski definition) is 4. The first-order chi connectivity index (χ1) is 11.3. The Morgan fingerprint density at radius 2 is 1.92 bits per heavy atom. The van der Waals surface area contributed by atoms with Crippen molar-refractivity contribution in [3.63, 3.8) is 0 Å². The molecule has 0 saturated carbocycles. The molecule has 0 bridgehead atoms. The van der Waals surface area contributed by atoms with Gasteiger partial charge < -0.3 is 15.4 Å². The highest BCUT2D eigenvalue weighted by molar-refractivity contribution is 7.88. The van der Waals surface area contributed by atoms with Crippen LogP contribution >= 0.6 is 11.6 Å². The zero-order valence-electron chi connectivity index (χ0n) is 13.5. The maximum absolute atomic E-state index is 11.8. The molecule has 0 aliphatic carbocycles. The molecular weight excluding hydrogens is 354 g/mol. The number of ether oxygens (including phenoxy) is 1. The van der Waals surface area contributed by atoms with Crippen molar-refractivity contribution in [2.45, 2.75) is 18.9 Å². The minimum absolute atomic E-state index is 0.0137. The molecule has 7 nitrogen and oxygen atoms in total. The molecule has 134 valence electrons. The Morgan fingerprint density at radius 1 is 1.29 bits per heavy atom. The average molecular weight is 376 g/mol. The van der Waals surface area contributed by atoms with Gasteiger partial charge in [-0.05, 0) is 37.1 Å². The van der Waals surface area contributed by atoms with Crippen LogP contribution in [0.25, 0.3) is 0 Å². The number of benzene rings is 1. The first-order valence-corrected chi connectivity index (χ1v) is 9.95. The van der Waals surface area contributed by atoms with Crippen molar-refractivity contribution in [2.24, 2.45) is 0 Å². The van der Waals surface area contributed by atoms with Crippen LogP contribution in [0.15, 0.2) is 24.3 Å². The number of carbonyl (C=O) groups excluding carboxylic acids is 1. The third-order valence-electron chi connectivity index (χ3n) is 3.73. The normalized spacial score (nSPS) is 16.6. The Hall–Kier alpha value is -1.51. The van der Waals surface area contributed by atoms with E-state index in [0.717, 1.165) is 0 Å². The van der Waals surface area contributed by atoms with Crippen LogP contribution in [0, 0.1) is 0 Å². The molecular formula is C15H22ClN3O4S. The molecule has 0 spiro atoms. The van der Waals surface area contributed by atoms with E-state index < -0.39 is 10.0 Å². The van der Waals surface area contributed by atoms with Gasteiger partial charge in [-0.2, -0.15) is 0 Å². The van der Waals surface area contributed by atoms with E-state index in [2.05, 4.69) is 10.6 Å². The average Bonchev–Trinajstić information content (AvgIpc) is 2.53. The molecule has 0 aromatic heterocycles. The van der Waals surface area contributed by atoms with Crippen LogP contribution in [-0.4, -0.2) is 57.3 Å². The summed E-state index contributed by atoms with van der Waals surface area (Å²) in [7, 11) is -3.14. The smallest absolute Gasteiger partial charge is 0.315 e. The lowest BCUT2D eigenvalue weighted by Crippen LogP contribution is -2.49. The largest absolute Gasteiger partial charge is 0.492 e. The molecule has 1 heterocycles. The molecule has 1 fully saturated rings. The first-order valence-electron chi connectivity index (χ1n) is 7.72. The molecule has 2 N–H and O–H groups in total. The fourth-order valence-corrected chi connectivity index (χ4v) is 3.43. The Morgan fingerprint density at radius 3 is 2.50 bits per heavy atom. The fraction of sp³-hybridized carbons (Fsp3) is 0.533. The van der Waals surface area contributed by atoms with Gasteiger partial charge in [-0.1, -0.05) is 11.6 Å². The molecule has 1 aliphatic rings. The zero-order chi connectivity index (χ0) is 17.6. The molecule has 0 radical (unpaired) electrons. The van der Waals surface area contributed by atoms with Gasteiger partial charge in [-0.15, -0.1) is 0 Å². The van der Waals surface area contributed by atoms with E-state index in [-0.39, 0.29) is 12.1 Å². The van der Waals surface area contributed by atoms with Gasteiger partial charge in [0.05, 0.1) is 12.8 Å². The third-order valence-corrected chi connectivity index (χ3v) is 5.28. The number of amides is 2. The monoisotopic (exact) mass is 375 g/mol. The summed E-state index contributed by atoms with van der Waals surface area (Å²) in [5.41, 5.74) is 0. The Kier molecular flexibility index (Phi) is 6.70. The van der Waals surface area contributed by atoms with Crippen molar-refractivity contribution in [1.82, 2.24) is 14.9 Å². The van der Waals surface area contributed by atoms with Gasteiger partial charge in [0.25, 0.3) is 0 Å². The lowest BCUT2D eigenvalue weighted by Gasteiger charge is -2.30. The van der Waals surface area contributed by atoms with E-state index in [4.69, 9.17) is 16.3 Å². The van der Waals surface area contributed by atoms with Crippen LogP contribution in [0.1, 0.15) is 12.8 Å². The summed E-state index contributed by atoms with van der Waals surface area (Å²) in [6.07, 6.45) is 2.43. The minimum Gasteiger partial charge on any atom is -0.492 e. The van der Waals surface area contributed by atoms with Gasteiger partial charge in [0.2, 0.25) is 10.0 Å². The van der Waals surface area contributed by atoms with Crippen molar-refractivity contribution in [3.05, 3.63) is 29.3 Å². The van der Waals surface area contributed by atoms with E-state index in [1.165, 1.54) is 10.6 Å². The summed E-state index contributed by atoms with van der Waals surface area (Å²) in [6.45, 7) is 1.59. The van der Waals surface area contributed by atoms with Crippen molar-refractivity contribution in [2.75, 3.05) is 32.5 Å². The van der Waals surface area contributed by atoms with E-state index in [1.54, 1.807) is 24.3 Å². The Labute approximate surface area is 147 Å². The van der Waals surface area contributed by atoms with E-state index in [9.17, 15) is 13.2 Å². The van der Waals surface area contributed by atoms with Crippen LogP contribution < -0.4 is 15.4 Å². The van der Waals surface area contributed by atoms with Crippen molar-refractivity contribution < 1.29 is 17.9 Å². The SMILES string of the molecule is CS(=O)(=O)N1CCC(NC(=O)NCCOc2ccc(Cl)cc2)CC1. The molecule has 2 rings (SSSR count). The zero-order valence-corrected chi connectivity index (χ0v) is 15.1.